The molecule has 0 bridgehead atoms. The minimum Gasteiger partial charge on any atom is -0.616 e. The molecule has 6 heteroatoms. The summed E-state index contributed by atoms with van der Waals surface area (Å²) in [5.74, 6) is -0.325. The molecule has 0 aliphatic heterocycles. The Labute approximate surface area is 115 Å². The number of nitrogens with one attached hydrogen (secondary N) is 1. The van der Waals surface area contributed by atoms with Crippen LogP contribution in [0.3, 0.4) is 0 Å². The fourth-order valence-electron chi connectivity index (χ4n) is 1.41. The number of benzene rings is 1. The normalized spacial score (nSPS) is 9.95. The van der Waals surface area contributed by atoms with Crippen molar-refractivity contribution >= 4 is 23.2 Å². The van der Waals surface area contributed by atoms with Crippen LogP contribution in [0.1, 0.15) is 0 Å². The molecule has 0 saturated carbocycles. The molecule has 0 aliphatic rings. The lowest BCUT2D eigenvalue weighted by Crippen LogP contribution is -2.30. The second-order valence-electron chi connectivity index (χ2n) is 3.68. The molecule has 0 aliphatic carbocycles. The molecule has 1 aromatic heterocycles. The monoisotopic (exact) mass is 278 g/mol. The zero-order chi connectivity index (χ0) is 13.7. The summed E-state index contributed by atoms with van der Waals surface area (Å²) >= 11 is 5.90. The van der Waals surface area contributed by atoms with Gasteiger partial charge < -0.3 is 15.3 Å². The highest BCUT2D eigenvalue weighted by Gasteiger charge is 2.09. The minimum atomic E-state index is -0.392. The van der Waals surface area contributed by atoms with Crippen molar-refractivity contribution in [1.29, 1.82) is 0 Å². The summed E-state index contributed by atoms with van der Waals surface area (Å²) in [7, 11) is 0. The molecular weight excluding hydrogens is 268 g/mol. The first-order chi connectivity index (χ1) is 9.16. The Morgan fingerprint density at radius 2 is 2.00 bits per heavy atom. The van der Waals surface area contributed by atoms with Gasteiger partial charge in [0.1, 0.15) is 0 Å². The standard InChI is InChI=1S/C13H11ClN2O3/c14-10-5-1-2-6-11(10)15-12(17)9-19-13-7-3-4-8-16(13)18/h1-8H,9H2,(H,15,17). The molecule has 1 amide bonds. The minimum absolute atomic E-state index is 0.0665. The summed E-state index contributed by atoms with van der Waals surface area (Å²) in [6.45, 7) is -0.266. The molecule has 0 spiro atoms. The molecular formula is C13H11ClN2O3. The van der Waals surface area contributed by atoms with Gasteiger partial charge in [0.25, 0.3) is 5.91 Å². The van der Waals surface area contributed by atoms with E-state index in [-0.39, 0.29) is 12.5 Å². The van der Waals surface area contributed by atoms with Gasteiger partial charge in [0.05, 0.1) is 16.8 Å². The number of carbonyl (C=O) groups excluding carboxylic acids is 1. The Hall–Kier alpha value is -2.27. The molecule has 98 valence electrons. The van der Waals surface area contributed by atoms with Crippen molar-refractivity contribution in [3.63, 3.8) is 0 Å². The van der Waals surface area contributed by atoms with Gasteiger partial charge in [0.15, 0.2) is 12.8 Å². The smallest absolute Gasteiger partial charge is 0.379 e. The average molecular weight is 279 g/mol. The van der Waals surface area contributed by atoms with Crippen LogP contribution >= 0.6 is 11.6 Å². The van der Waals surface area contributed by atoms with Crippen LogP contribution in [0.4, 0.5) is 5.69 Å². The van der Waals surface area contributed by atoms with Crippen LogP contribution < -0.4 is 14.8 Å². The number of nitrogens with zero attached hydrogens (tertiary/aromatic N) is 1. The lowest BCUT2D eigenvalue weighted by atomic mass is 10.3. The number of pyridine rings is 1. The van der Waals surface area contributed by atoms with Crippen LogP contribution in [-0.2, 0) is 4.79 Å². The summed E-state index contributed by atoms with van der Waals surface area (Å²) < 4.78 is 5.65. The highest BCUT2D eigenvalue weighted by atomic mass is 35.5. The highest BCUT2D eigenvalue weighted by molar-refractivity contribution is 6.33. The topological polar surface area (TPSA) is 65.3 Å². The molecule has 5 nitrogen and oxygen atoms in total. The first-order valence-corrected chi connectivity index (χ1v) is 5.90. The highest BCUT2D eigenvalue weighted by Crippen LogP contribution is 2.20. The van der Waals surface area contributed by atoms with Crippen LogP contribution in [-0.4, -0.2) is 12.5 Å². The van der Waals surface area contributed by atoms with Crippen molar-refractivity contribution in [2.75, 3.05) is 11.9 Å². The van der Waals surface area contributed by atoms with Crippen LogP contribution in [0, 0.1) is 5.21 Å². The fraction of sp³-hybridized carbons (Fsp3) is 0.0769. The maximum Gasteiger partial charge on any atom is 0.379 e. The van der Waals surface area contributed by atoms with Crippen molar-refractivity contribution in [3.8, 4) is 5.88 Å². The Morgan fingerprint density at radius 1 is 1.26 bits per heavy atom. The molecule has 0 saturated heterocycles. The Bertz CT molecular complexity index is 590. The number of para-hydroxylation sites is 1. The third kappa shape index (κ3) is 3.59. The molecule has 0 unspecified atom stereocenters. The number of ether oxygens (including phenoxy) is 1. The van der Waals surface area contributed by atoms with Gasteiger partial charge in [-0.25, -0.2) is 0 Å². The van der Waals surface area contributed by atoms with Gasteiger partial charge in [-0.05, 0) is 18.2 Å². The van der Waals surface area contributed by atoms with Gasteiger partial charge in [-0.15, -0.1) is 4.73 Å². The number of halogens is 1. The van der Waals surface area contributed by atoms with Gasteiger partial charge in [-0.1, -0.05) is 23.7 Å². The Kier molecular flexibility index (Phi) is 4.20. The summed E-state index contributed by atoms with van der Waals surface area (Å²) in [6.07, 6.45) is 1.29. The summed E-state index contributed by atoms with van der Waals surface area (Å²) in [5, 5.41) is 14.3. The van der Waals surface area contributed by atoms with E-state index in [1.54, 1.807) is 36.4 Å². The van der Waals surface area contributed by atoms with E-state index in [9.17, 15) is 10.0 Å². The van der Waals surface area contributed by atoms with E-state index in [0.717, 1.165) is 0 Å². The van der Waals surface area contributed by atoms with Crippen molar-refractivity contribution in [3.05, 3.63) is 58.9 Å². The van der Waals surface area contributed by atoms with Crippen molar-refractivity contribution in [2.45, 2.75) is 0 Å². The van der Waals surface area contributed by atoms with Gasteiger partial charge in [-0.3, -0.25) is 4.79 Å². The van der Waals surface area contributed by atoms with Crippen molar-refractivity contribution in [2.24, 2.45) is 0 Å². The fourth-order valence-corrected chi connectivity index (χ4v) is 1.60. The predicted octanol–water partition coefficient (Wildman–Crippen LogP) is 1.99. The molecule has 0 radical (unpaired) electrons. The van der Waals surface area contributed by atoms with Crippen LogP contribution in [0.5, 0.6) is 5.88 Å². The molecule has 1 N–H and O–H groups in total. The first kappa shape index (κ1) is 13.2. The third-order valence-electron chi connectivity index (χ3n) is 2.29. The average Bonchev–Trinajstić information content (AvgIpc) is 2.40. The summed E-state index contributed by atoms with van der Waals surface area (Å²) in [4.78, 5) is 11.6. The van der Waals surface area contributed by atoms with Crippen LogP contribution in [0.25, 0.3) is 0 Å². The zero-order valence-electron chi connectivity index (χ0n) is 9.88. The third-order valence-corrected chi connectivity index (χ3v) is 2.62. The van der Waals surface area contributed by atoms with E-state index in [0.29, 0.717) is 15.4 Å². The van der Waals surface area contributed by atoms with E-state index in [1.807, 2.05) is 0 Å². The Balaban J connectivity index is 1.92. The van der Waals surface area contributed by atoms with E-state index in [2.05, 4.69) is 5.32 Å². The molecule has 0 atom stereocenters. The number of hydrogen-bond donors (Lipinski definition) is 1. The van der Waals surface area contributed by atoms with Crippen LogP contribution in [0.15, 0.2) is 48.7 Å². The van der Waals surface area contributed by atoms with E-state index < -0.39 is 5.91 Å². The number of amides is 1. The molecule has 2 aromatic rings. The Morgan fingerprint density at radius 3 is 2.74 bits per heavy atom. The SMILES string of the molecule is O=C(COc1cccc[n+]1[O-])Nc1ccccc1Cl. The number of anilines is 1. The number of rotatable bonds is 4. The summed E-state index contributed by atoms with van der Waals surface area (Å²) in [5.41, 5.74) is 0.501. The lowest BCUT2D eigenvalue weighted by Gasteiger charge is -2.08. The maximum atomic E-state index is 11.6. The van der Waals surface area contributed by atoms with E-state index in [4.69, 9.17) is 16.3 Å². The largest absolute Gasteiger partial charge is 0.616 e. The number of hydrogen-bond acceptors (Lipinski definition) is 3. The van der Waals surface area contributed by atoms with Gasteiger partial charge >= 0.3 is 5.88 Å². The van der Waals surface area contributed by atoms with E-state index >= 15 is 0 Å². The zero-order valence-corrected chi connectivity index (χ0v) is 10.6. The quantitative estimate of drug-likeness (QED) is 0.687. The van der Waals surface area contributed by atoms with Gasteiger partial charge in [0.2, 0.25) is 0 Å². The maximum absolute atomic E-state index is 11.6. The first-order valence-electron chi connectivity index (χ1n) is 5.52. The van der Waals surface area contributed by atoms with Crippen LogP contribution in [0.2, 0.25) is 5.02 Å². The van der Waals surface area contributed by atoms with Crippen molar-refractivity contribution in [1.82, 2.24) is 0 Å². The predicted molar refractivity (Wildman–Crippen MR) is 71.0 cm³/mol. The van der Waals surface area contributed by atoms with Gasteiger partial charge in [0, 0.05) is 6.07 Å². The van der Waals surface area contributed by atoms with Gasteiger partial charge in [-0.2, -0.15) is 0 Å². The molecule has 19 heavy (non-hydrogen) atoms. The van der Waals surface area contributed by atoms with Crippen molar-refractivity contribution < 1.29 is 14.3 Å². The molecule has 1 aromatic carbocycles. The summed E-state index contributed by atoms with van der Waals surface area (Å²) in [6, 6.07) is 11.6. The molecule has 0 fully saturated rings. The molecule has 1 heterocycles. The second-order valence-corrected chi connectivity index (χ2v) is 4.09. The number of aromatic nitrogens is 1. The molecule has 2 rings (SSSR count). The second kappa shape index (κ2) is 6.06. The van der Waals surface area contributed by atoms with E-state index in [1.165, 1.54) is 12.3 Å². The lowest BCUT2D eigenvalue weighted by molar-refractivity contribution is -0.612. The number of carbonyl (C=O) groups is 1.